The van der Waals surface area contributed by atoms with Gasteiger partial charge in [0.15, 0.2) is 5.89 Å². The van der Waals surface area contributed by atoms with E-state index in [1.54, 1.807) is 11.8 Å². The second kappa shape index (κ2) is 7.12. The van der Waals surface area contributed by atoms with Crippen molar-refractivity contribution in [3.05, 3.63) is 17.3 Å². The highest BCUT2D eigenvalue weighted by Gasteiger charge is 2.41. The summed E-state index contributed by atoms with van der Waals surface area (Å²) in [6.45, 7) is 9.10. The van der Waals surface area contributed by atoms with E-state index in [9.17, 15) is 9.59 Å². The van der Waals surface area contributed by atoms with Crippen molar-refractivity contribution < 1.29 is 14.0 Å². The number of carbonyl (C=O) groups excluding carboxylic acids is 2. The minimum Gasteiger partial charge on any atom is -0.435 e. The average Bonchev–Trinajstić information content (AvgIpc) is 3.10. The van der Waals surface area contributed by atoms with Gasteiger partial charge in [-0.3, -0.25) is 9.59 Å². The standard InChI is InChI=1S/C16H26N4O3/c1-5-13-18-10(4)14(23-13)16(22)20-9-11(17)8-12(20)15(21)19(6-2)7-3/h11-12H,5-9,17H2,1-4H3/t11-,12+/m1/s1. The third-order valence-electron chi connectivity index (χ3n) is 4.29. The van der Waals surface area contributed by atoms with Gasteiger partial charge in [0.05, 0.1) is 5.69 Å². The Balaban J connectivity index is 2.26. The molecule has 0 saturated carbocycles. The molecule has 2 rings (SSSR count). The molecule has 1 aliphatic rings. The summed E-state index contributed by atoms with van der Waals surface area (Å²) in [6, 6.07) is -0.718. The summed E-state index contributed by atoms with van der Waals surface area (Å²) >= 11 is 0. The van der Waals surface area contributed by atoms with E-state index in [4.69, 9.17) is 10.2 Å². The van der Waals surface area contributed by atoms with Crippen molar-refractivity contribution >= 4 is 11.8 Å². The van der Waals surface area contributed by atoms with Gasteiger partial charge >= 0.3 is 0 Å². The number of oxazole rings is 1. The molecule has 1 saturated heterocycles. The van der Waals surface area contributed by atoms with Gasteiger partial charge in [-0.05, 0) is 27.2 Å². The quantitative estimate of drug-likeness (QED) is 0.871. The molecule has 0 unspecified atom stereocenters. The van der Waals surface area contributed by atoms with Crippen LogP contribution in [0.15, 0.2) is 4.42 Å². The lowest BCUT2D eigenvalue weighted by atomic mass is 10.1. The Morgan fingerprint density at radius 3 is 2.52 bits per heavy atom. The van der Waals surface area contributed by atoms with Gasteiger partial charge < -0.3 is 20.0 Å². The molecule has 2 heterocycles. The molecule has 1 aliphatic heterocycles. The molecule has 2 atom stereocenters. The summed E-state index contributed by atoms with van der Waals surface area (Å²) in [5.41, 5.74) is 6.57. The maximum Gasteiger partial charge on any atom is 0.292 e. The van der Waals surface area contributed by atoms with Crippen molar-refractivity contribution in [3.8, 4) is 0 Å². The van der Waals surface area contributed by atoms with Crippen molar-refractivity contribution in [2.45, 2.75) is 52.6 Å². The fourth-order valence-electron chi connectivity index (χ4n) is 3.01. The second-order valence-corrected chi connectivity index (χ2v) is 5.86. The first-order chi connectivity index (χ1) is 10.9. The van der Waals surface area contributed by atoms with Crippen molar-refractivity contribution in [3.63, 3.8) is 0 Å². The molecule has 128 valence electrons. The number of hydrogen-bond donors (Lipinski definition) is 1. The van der Waals surface area contributed by atoms with E-state index in [1.165, 1.54) is 4.90 Å². The number of likely N-dealkylation sites (tertiary alicyclic amines) is 1. The zero-order valence-electron chi connectivity index (χ0n) is 14.3. The summed E-state index contributed by atoms with van der Waals surface area (Å²) in [5.74, 6) is 0.395. The molecular formula is C16H26N4O3. The highest BCUT2D eigenvalue weighted by Crippen LogP contribution is 2.23. The smallest absolute Gasteiger partial charge is 0.292 e. The largest absolute Gasteiger partial charge is 0.435 e. The first-order valence-corrected chi connectivity index (χ1v) is 8.24. The molecule has 0 radical (unpaired) electrons. The number of amides is 2. The normalized spacial score (nSPS) is 20.8. The van der Waals surface area contributed by atoms with Crippen molar-refractivity contribution in [2.75, 3.05) is 19.6 Å². The minimum atomic E-state index is -0.521. The van der Waals surface area contributed by atoms with E-state index >= 15 is 0 Å². The van der Waals surface area contributed by atoms with Gasteiger partial charge in [0.1, 0.15) is 6.04 Å². The highest BCUT2D eigenvalue weighted by atomic mass is 16.4. The lowest BCUT2D eigenvalue weighted by Crippen LogP contribution is -2.47. The molecule has 2 N–H and O–H groups in total. The fraction of sp³-hybridized carbons (Fsp3) is 0.688. The predicted octanol–water partition coefficient (Wildman–Crippen LogP) is 0.956. The van der Waals surface area contributed by atoms with Crippen molar-refractivity contribution in [1.29, 1.82) is 0 Å². The zero-order chi connectivity index (χ0) is 17.1. The summed E-state index contributed by atoms with van der Waals surface area (Å²) in [5, 5.41) is 0. The van der Waals surface area contributed by atoms with Crippen molar-refractivity contribution in [1.82, 2.24) is 14.8 Å². The first kappa shape index (κ1) is 17.5. The molecule has 0 aromatic carbocycles. The number of aromatic nitrogens is 1. The topological polar surface area (TPSA) is 92.7 Å². The maximum atomic E-state index is 12.8. The molecule has 0 spiro atoms. The van der Waals surface area contributed by atoms with Gasteiger partial charge in [0.25, 0.3) is 5.91 Å². The molecule has 23 heavy (non-hydrogen) atoms. The van der Waals surface area contributed by atoms with Gasteiger partial charge in [-0.1, -0.05) is 6.92 Å². The monoisotopic (exact) mass is 322 g/mol. The molecule has 1 fully saturated rings. The van der Waals surface area contributed by atoms with Crippen LogP contribution < -0.4 is 5.73 Å². The fourth-order valence-corrected chi connectivity index (χ4v) is 3.01. The number of nitrogens with two attached hydrogens (primary N) is 1. The van der Waals surface area contributed by atoms with Crippen LogP contribution in [0.1, 0.15) is 49.3 Å². The lowest BCUT2D eigenvalue weighted by molar-refractivity contribution is -0.134. The number of aryl methyl sites for hydroxylation is 2. The highest BCUT2D eigenvalue weighted by molar-refractivity contribution is 5.96. The van der Waals surface area contributed by atoms with Crippen LogP contribution in [0.25, 0.3) is 0 Å². The number of rotatable bonds is 5. The molecule has 1 aromatic rings. The second-order valence-electron chi connectivity index (χ2n) is 5.86. The molecule has 0 aliphatic carbocycles. The van der Waals surface area contributed by atoms with Crippen LogP contribution in [0.2, 0.25) is 0 Å². The number of carbonyl (C=O) groups is 2. The van der Waals surface area contributed by atoms with Crippen LogP contribution in [-0.4, -0.2) is 58.3 Å². The summed E-state index contributed by atoms with van der Waals surface area (Å²) in [4.78, 5) is 33.0. The Kier molecular flexibility index (Phi) is 5.41. The molecule has 0 bridgehead atoms. The number of nitrogens with zero attached hydrogens (tertiary/aromatic N) is 3. The van der Waals surface area contributed by atoms with E-state index in [0.29, 0.717) is 44.1 Å². The van der Waals surface area contributed by atoms with Crippen LogP contribution >= 0.6 is 0 Å². The Morgan fingerprint density at radius 2 is 2.00 bits per heavy atom. The Morgan fingerprint density at radius 1 is 1.35 bits per heavy atom. The number of hydrogen-bond acceptors (Lipinski definition) is 5. The Bertz CT molecular complexity index is 580. The van der Waals surface area contributed by atoms with Crippen LogP contribution in [-0.2, 0) is 11.2 Å². The number of likely N-dealkylation sites (N-methyl/N-ethyl adjacent to an activating group) is 1. The molecular weight excluding hydrogens is 296 g/mol. The Hall–Kier alpha value is -1.89. The Labute approximate surface area is 136 Å². The maximum absolute atomic E-state index is 12.8. The van der Waals surface area contributed by atoms with Crippen LogP contribution in [0.4, 0.5) is 0 Å². The van der Waals surface area contributed by atoms with E-state index in [2.05, 4.69) is 4.98 Å². The van der Waals surface area contributed by atoms with E-state index in [0.717, 1.165) is 0 Å². The van der Waals surface area contributed by atoms with E-state index < -0.39 is 6.04 Å². The molecule has 7 nitrogen and oxygen atoms in total. The first-order valence-electron chi connectivity index (χ1n) is 8.24. The minimum absolute atomic E-state index is 0.0517. The van der Waals surface area contributed by atoms with Crippen LogP contribution in [0.3, 0.4) is 0 Å². The average molecular weight is 322 g/mol. The zero-order valence-corrected chi connectivity index (χ0v) is 14.3. The van der Waals surface area contributed by atoms with E-state index in [1.807, 2.05) is 20.8 Å². The van der Waals surface area contributed by atoms with Gasteiger partial charge in [0, 0.05) is 32.1 Å². The summed E-state index contributed by atoms with van der Waals surface area (Å²) in [6.07, 6.45) is 1.10. The van der Waals surface area contributed by atoms with Crippen LogP contribution in [0, 0.1) is 6.92 Å². The van der Waals surface area contributed by atoms with Gasteiger partial charge in [-0.15, -0.1) is 0 Å². The van der Waals surface area contributed by atoms with E-state index in [-0.39, 0.29) is 23.6 Å². The summed E-state index contributed by atoms with van der Waals surface area (Å²) in [7, 11) is 0. The third-order valence-corrected chi connectivity index (χ3v) is 4.29. The van der Waals surface area contributed by atoms with Crippen molar-refractivity contribution in [2.24, 2.45) is 5.73 Å². The SMILES string of the molecule is CCc1nc(C)c(C(=O)N2C[C@H](N)C[C@H]2C(=O)N(CC)CC)o1. The van der Waals surface area contributed by atoms with Gasteiger partial charge in [-0.25, -0.2) is 4.98 Å². The molecule has 2 amide bonds. The third kappa shape index (κ3) is 3.39. The summed E-state index contributed by atoms with van der Waals surface area (Å²) < 4.78 is 5.55. The van der Waals surface area contributed by atoms with Gasteiger partial charge in [-0.2, -0.15) is 0 Å². The predicted molar refractivity (Wildman–Crippen MR) is 86.0 cm³/mol. The molecule has 7 heteroatoms. The van der Waals surface area contributed by atoms with Crippen LogP contribution in [0.5, 0.6) is 0 Å². The molecule has 1 aromatic heterocycles. The van der Waals surface area contributed by atoms with Gasteiger partial charge in [0.2, 0.25) is 11.7 Å². The lowest BCUT2D eigenvalue weighted by Gasteiger charge is -2.28.